The number of allylic oxidation sites excluding steroid dienone is 4. The Morgan fingerprint density at radius 3 is 2.35 bits per heavy atom. The zero-order chi connectivity index (χ0) is 20.4. The van der Waals surface area contributed by atoms with Crippen molar-refractivity contribution in [3.05, 3.63) is 95.6 Å². The molecule has 0 saturated heterocycles. The second kappa shape index (κ2) is 7.08. The molecule has 0 spiro atoms. The summed E-state index contributed by atoms with van der Waals surface area (Å²) in [6.07, 6.45) is 13.2. The second-order valence-electron chi connectivity index (χ2n) is 9.09. The monoisotopic (exact) mass is 473 g/mol. The van der Waals surface area contributed by atoms with Crippen LogP contribution >= 0.6 is 0 Å². The molecule has 3 aliphatic carbocycles. The van der Waals surface area contributed by atoms with Crippen molar-refractivity contribution >= 4 is 33.6 Å². The maximum absolute atomic E-state index is 2.43. The molecule has 1 heteroatoms. The summed E-state index contributed by atoms with van der Waals surface area (Å²) < 4.78 is 3.64. The molecule has 0 aliphatic heterocycles. The van der Waals surface area contributed by atoms with Gasteiger partial charge in [-0.3, -0.25) is 0 Å². The van der Waals surface area contributed by atoms with E-state index in [2.05, 4.69) is 78.9 Å². The first kappa shape index (κ1) is 18.2. The summed E-state index contributed by atoms with van der Waals surface area (Å²) in [5, 5.41) is 5.81. The van der Waals surface area contributed by atoms with Gasteiger partial charge in [0.15, 0.2) is 0 Å². The first-order valence-corrected chi connectivity index (χ1v) is 13.9. The van der Waals surface area contributed by atoms with Crippen LogP contribution in [0.25, 0.3) is 38.2 Å². The maximum atomic E-state index is 2.43. The molecule has 0 amide bonds. The van der Waals surface area contributed by atoms with Gasteiger partial charge in [0.25, 0.3) is 0 Å². The molecule has 0 N–H and O–H groups in total. The van der Waals surface area contributed by atoms with Gasteiger partial charge in [0, 0.05) is 0 Å². The third-order valence-corrected chi connectivity index (χ3v) is 11.3. The van der Waals surface area contributed by atoms with Gasteiger partial charge >= 0.3 is 195 Å². The predicted molar refractivity (Wildman–Crippen MR) is 130 cm³/mol. The minimum absolute atomic E-state index is 0.754. The predicted octanol–water partition coefficient (Wildman–Crippen LogP) is 6.97. The number of benzene rings is 4. The second-order valence-corrected chi connectivity index (χ2v) is 12.7. The van der Waals surface area contributed by atoms with Crippen LogP contribution in [0.4, 0.5) is 0 Å². The van der Waals surface area contributed by atoms with Crippen molar-refractivity contribution in [2.24, 2.45) is 0 Å². The topological polar surface area (TPSA) is 0 Å². The van der Waals surface area contributed by atoms with Gasteiger partial charge in [-0.15, -0.1) is 0 Å². The zero-order valence-corrected chi connectivity index (χ0v) is 20.0. The van der Waals surface area contributed by atoms with Crippen molar-refractivity contribution in [1.29, 1.82) is 0 Å². The van der Waals surface area contributed by atoms with E-state index < -0.39 is 22.8 Å². The average molecular weight is 475 g/mol. The summed E-state index contributed by atoms with van der Waals surface area (Å²) in [5.74, 6) is 0. The van der Waals surface area contributed by atoms with Crippen molar-refractivity contribution in [2.45, 2.75) is 32.1 Å². The van der Waals surface area contributed by atoms with Crippen molar-refractivity contribution in [2.75, 3.05) is 0 Å². The van der Waals surface area contributed by atoms with Gasteiger partial charge < -0.3 is 0 Å². The van der Waals surface area contributed by atoms with Crippen LogP contribution < -0.4 is 3.27 Å². The quantitative estimate of drug-likeness (QED) is 0.259. The van der Waals surface area contributed by atoms with E-state index in [1.165, 1.54) is 57.7 Å². The van der Waals surface area contributed by atoms with Gasteiger partial charge in [0.05, 0.1) is 0 Å². The molecule has 0 bridgehead atoms. The van der Waals surface area contributed by atoms with Crippen LogP contribution in [-0.2, 0) is 29.2 Å². The van der Waals surface area contributed by atoms with Gasteiger partial charge in [-0.25, -0.2) is 0 Å². The number of hydrogen-bond donors (Lipinski definition) is 0. The molecule has 1 saturated carbocycles. The van der Waals surface area contributed by atoms with Gasteiger partial charge in [-0.05, 0) is 0 Å². The Morgan fingerprint density at radius 2 is 1.55 bits per heavy atom. The molecule has 3 aliphatic rings. The summed E-state index contributed by atoms with van der Waals surface area (Å²) in [6.45, 7) is 0. The molecule has 0 radical (unpaired) electrons. The Kier molecular flexibility index (Phi) is 4.16. The van der Waals surface area contributed by atoms with Crippen LogP contribution in [-0.4, -0.2) is 3.21 Å². The average Bonchev–Trinajstić information content (AvgIpc) is 3.43. The fourth-order valence-corrected chi connectivity index (χ4v) is 9.81. The van der Waals surface area contributed by atoms with Gasteiger partial charge in [-0.1, -0.05) is 0 Å². The van der Waals surface area contributed by atoms with Crippen LogP contribution in [0.15, 0.2) is 78.9 Å². The van der Waals surface area contributed by atoms with E-state index in [0.29, 0.717) is 0 Å². The fraction of sp³-hybridized carbons (Fsp3) is 0.167. The normalized spacial score (nSPS) is 16.3. The van der Waals surface area contributed by atoms with Gasteiger partial charge in [0.1, 0.15) is 0 Å². The molecule has 4 aromatic carbocycles. The van der Waals surface area contributed by atoms with Gasteiger partial charge in [-0.2, -0.15) is 0 Å². The number of hydrogen-bond acceptors (Lipinski definition) is 0. The summed E-state index contributed by atoms with van der Waals surface area (Å²) in [6, 6.07) is 23.3. The first-order chi connectivity index (χ1) is 15.4. The fourth-order valence-electron chi connectivity index (χ4n) is 5.56. The third kappa shape index (κ3) is 2.79. The van der Waals surface area contributed by atoms with Crippen LogP contribution in [0, 0.1) is 0 Å². The number of rotatable bonds is 2. The Hall–Kier alpha value is -2.37. The Morgan fingerprint density at radius 1 is 0.742 bits per heavy atom. The van der Waals surface area contributed by atoms with Crippen molar-refractivity contribution in [1.82, 2.24) is 0 Å². The molecule has 1 fully saturated rings. The van der Waals surface area contributed by atoms with Crippen LogP contribution in [0.2, 0.25) is 0 Å². The van der Waals surface area contributed by atoms with E-state index in [1.54, 1.807) is 19.8 Å². The molecule has 4 aromatic rings. The van der Waals surface area contributed by atoms with Crippen molar-refractivity contribution < 1.29 is 22.8 Å². The minimum atomic E-state index is -0.754. The van der Waals surface area contributed by atoms with E-state index in [0.717, 1.165) is 12.8 Å². The summed E-state index contributed by atoms with van der Waals surface area (Å²) in [4.78, 5) is 0. The molecular weight excluding hydrogens is 452 g/mol. The van der Waals surface area contributed by atoms with Gasteiger partial charge in [0.2, 0.25) is 0 Å². The Labute approximate surface area is 194 Å². The molecular formula is C30H23Zr. The van der Waals surface area contributed by atoms with Crippen molar-refractivity contribution in [3.8, 4) is 11.1 Å². The SMILES string of the molecule is C1=CCC(c2ccc3ccc4c(c3[c]2[Zr]=[C]2CCC2)-c2c(ccc3ccccc23)C4)=C1. The molecule has 31 heavy (non-hydrogen) atoms. The van der Waals surface area contributed by atoms with E-state index in [1.807, 2.05) is 3.21 Å². The zero-order valence-electron chi connectivity index (χ0n) is 17.5. The van der Waals surface area contributed by atoms with Crippen LogP contribution in [0.1, 0.15) is 42.4 Å². The molecule has 0 heterocycles. The Balaban J connectivity index is 1.62. The van der Waals surface area contributed by atoms with E-state index in [9.17, 15) is 0 Å². The number of fused-ring (bicyclic) bond motifs is 7. The third-order valence-electron chi connectivity index (χ3n) is 7.30. The summed E-state index contributed by atoms with van der Waals surface area (Å²) in [5.41, 5.74) is 9.15. The molecule has 7 rings (SSSR count). The molecule has 0 nitrogen and oxygen atoms in total. The van der Waals surface area contributed by atoms with Crippen LogP contribution in [0.5, 0.6) is 0 Å². The first-order valence-electron chi connectivity index (χ1n) is 11.4. The van der Waals surface area contributed by atoms with E-state index in [-0.39, 0.29) is 0 Å². The summed E-state index contributed by atoms with van der Waals surface area (Å²) >= 11 is -0.754. The Bertz CT molecular complexity index is 1490. The molecule has 147 valence electrons. The summed E-state index contributed by atoms with van der Waals surface area (Å²) in [7, 11) is 0. The molecule has 0 aromatic heterocycles. The van der Waals surface area contributed by atoms with E-state index >= 15 is 0 Å². The molecule has 0 atom stereocenters. The molecule has 0 unspecified atom stereocenters. The van der Waals surface area contributed by atoms with Crippen LogP contribution in [0.3, 0.4) is 0 Å². The standard InChI is InChI=1S/C26H17.C4H6.Zr/c1-2-6-17(5-1)20-12-9-19-11-14-22-15-21-13-10-18-7-3-4-8-23(18)25(21)26(22)24(19)16-20;1-2-4-3-1;/h1-5,7-14H,6,15H2;1-3H2;. The van der Waals surface area contributed by atoms with Crippen molar-refractivity contribution in [3.63, 3.8) is 0 Å². The van der Waals surface area contributed by atoms with E-state index in [4.69, 9.17) is 0 Å².